The van der Waals surface area contributed by atoms with Crippen molar-refractivity contribution in [2.45, 2.75) is 6.92 Å². The van der Waals surface area contributed by atoms with Gasteiger partial charge >= 0.3 is 0 Å². The summed E-state index contributed by atoms with van der Waals surface area (Å²) < 4.78 is 0. The fourth-order valence-electron chi connectivity index (χ4n) is 0.767. The molecular weight excluding hydrogens is 112 g/mol. The normalized spacial score (nSPS) is 17.6. The Kier molecular flexibility index (Phi) is 1.78. The van der Waals surface area contributed by atoms with Crippen LogP contribution < -0.4 is 10.6 Å². The van der Waals surface area contributed by atoms with Crippen molar-refractivity contribution in [3.05, 3.63) is 23.5 Å². The average molecular weight is 124 g/mol. The highest BCUT2D eigenvalue weighted by Crippen LogP contribution is 2.10. The Labute approximate surface area is 55.6 Å². The fraction of sp³-hybridized carbons (Fsp3) is 0.429. The molecule has 0 aromatic carbocycles. The number of hydrogen-bond acceptors (Lipinski definition) is 2. The Hall–Kier alpha value is -0.920. The van der Waals surface area contributed by atoms with Crippen molar-refractivity contribution in [1.29, 1.82) is 0 Å². The summed E-state index contributed by atoms with van der Waals surface area (Å²) in [5, 5.41) is 6.06. The Morgan fingerprint density at radius 2 is 2.56 bits per heavy atom. The summed E-state index contributed by atoms with van der Waals surface area (Å²) in [6.45, 7) is 3.12. The van der Waals surface area contributed by atoms with Gasteiger partial charge in [0.05, 0.1) is 0 Å². The third-order valence-electron chi connectivity index (χ3n) is 1.44. The molecule has 0 saturated heterocycles. The van der Waals surface area contributed by atoms with E-state index in [1.165, 1.54) is 11.1 Å². The zero-order chi connectivity index (χ0) is 6.69. The van der Waals surface area contributed by atoms with E-state index in [-0.39, 0.29) is 0 Å². The minimum Gasteiger partial charge on any atom is -0.394 e. The van der Waals surface area contributed by atoms with E-state index in [4.69, 9.17) is 0 Å². The maximum atomic E-state index is 3.07. The van der Waals surface area contributed by atoms with Crippen molar-refractivity contribution in [3.8, 4) is 0 Å². The lowest BCUT2D eigenvalue weighted by atomic mass is 10.1. The molecule has 0 unspecified atom stereocenters. The molecular formula is C7H12N2. The van der Waals surface area contributed by atoms with E-state index in [9.17, 15) is 0 Å². The summed E-state index contributed by atoms with van der Waals surface area (Å²) in [6, 6.07) is 0. The van der Waals surface area contributed by atoms with Gasteiger partial charge in [0.2, 0.25) is 0 Å². The first-order chi connectivity index (χ1) is 4.34. The Bertz CT molecular complexity index is 156. The Morgan fingerprint density at radius 1 is 1.89 bits per heavy atom. The van der Waals surface area contributed by atoms with Crippen LogP contribution in [0.15, 0.2) is 23.5 Å². The lowest BCUT2D eigenvalue weighted by Gasteiger charge is -2.16. The van der Waals surface area contributed by atoms with Gasteiger partial charge in [-0.2, -0.15) is 0 Å². The van der Waals surface area contributed by atoms with Crippen LogP contribution in [0.1, 0.15) is 6.92 Å². The standard InChI is InChI=1S/C7H12N2/c1-6(3-8-2)7-4-9-5-7/h3-4,8-9H,5H2,1-2H3/b6-3+. The summed E-state index contributed by atoms with van der Waals surface area (Å²) in [5.74, 6) is 0. The molecule has 1 heterocycles. The molecule has 2 nitrogen and oxygen atoms in total. The van der Waals surface area contributed by atoms with E-state index in [2.05, 4.69) is 17.6 Å². The van der Waals surface area contributed by atoms with Crippen LogP contribution in [0.4, 0.5) is 0 Å². The highest BCUT2D eigenvalue weighted by Gasteiger charge is 2.04. The molecule has 1 aliphatic heterocycles. The molecule has 2 heteroatoms. The average Bonchev–Trinajstić information content (AvgIpc) is 1.60. The van der Waals surface area contributed by atoms with E-state index in [1.807, 2.05) is 19.4 Å². The second kappa shape index (κ2) is 2.58. The zero-order valence-electron chi connectivity index (χ0n) is 5.86. The van der Waals surface area contributed by atoms with E-state index in [1.54, 1.807) is 0 Å². The topological polar surface area (TPSA) is 24.1 Å². The fourth-order valence-corrected chi connectivity index (χ4v) is 0.767. The van der Waals surface area contributed by atoms with Crippen molar-refractivity contribution >= 4 is 0 Å². The lowest BCUT2D eigenvalue weighted by Crippen LogP contribution is -2.22. The summed E-state index contributed by atoms with van der Waals surface area (Å²) in [7, 11) is 1.91. The second-order valence-electron chi connectivity index (χ2n) is 2.17. The van der Waals surface area contributed by atoms with Crippen molar-refractivity contribution in [2.75, 3.05) is 13.6 Å². The van der Waals surface area contributed by atoms with Gasteiger partial charge < -0.3 is 10.6 Å². The lowest BCUT2D eigenvalue weighted by molar-refractivity contribution is 0.836. The number of hydrogen-bond donors (Lipinski definition) is 2. The molecule has 1 aliphatic rings. The minimum absolute atomic E-state index is 1.02. The SMILES string of the molecule is CN/C=C(\C)C1=CNC1. The first kappa shape index (κ1) is 6.20. The Balaban J connectivity index is 2.51. The first-order valence-electron chi connectivity index (χ1n) is 3.11. The molecule has 0 saturated carbocycles. The van der Waals surface area contributed by atoms with Crippen LogP contribution >= 0.6 is 0 Å². The van der Waals surface area contributed by atoms with Gasteiger partial charge in [0, 0.05) is 19.8 Å². The summed E-state index contributed by atoms with van der Waals surface area (Å²) in [5.41, 5.74) is 2.71. The summed E-state index contributed by atoms with van der Waals surface area (Å²) in [4.78, 5) is 0. The van der Waals surface area contributed by atoms with Gasteiger partial charge in [-0.25, -0.2) is 0 Å². The molecule has 1 rings (SSSR count). The highest BCUT2D eigenvalue weighted by molar-refractivity contribution is 5.34. The summed E-state index contributed by atoms with van der Waals surface area (Å²) in [6.07, 6.45) is 4.04. The number of nitrogens with one attached hydrogen (secondary N) is 2. The van der Waals surface area contributed by atoms with Gasteiger partial charge in [-0.3, -0.25) is 0 Å². The quantitative estimate of drug-likeness (QED) is 0.563. The maximum Gasteiger partial charge on any atom is 0.0412 e. The van der Waals surface area contributed by atoms with E-state index >= 15 is 0 Å². The molecule has 9 heavy (non-hydrogen) atoms. The second-order valence-corrected chi connectivity index (χ2v) is 2.17. The predicted molar refractivity (Wildman–Crippen MR) is 38.9 cm³/mol. The monoisotopic (exact) mass is 124 g/mol. The number of rotatable bonds is 2. The maximum absolute atomic E-state index is 3.07. The molecule has 2 N–H and O–H groups in total. The van der Waals surface area contributed by atoms with E-state index < -0.39 is 0 Å². The largest absolute Gasteiger partial charge is 0.394 e. The van der Waals surface area contributed by atoms with Crippen LogP contribution in [-0.4, -0.2) is 13.6 Å². The van der Waals surface area contributed by atoms with Gasteiger partial charge in [0.25, 0.3) is 0 Å². The smallest absolute Gasteiger partial charge is 0.0412 e. The highest BCUT2D eigenvalue weighted by atomic mass is 14.9. The zero-order valence-corrected chi connectivity index (χ0v) is 5.86. The van der Waals surface area contributed by atoms with Gasteiger partial charge in [0.15, 0.2) is 0 Å². The van der Waals surface area contributed by atoms with Gasteiger partial charge in [-0.1, -0.05) is 0 Å². The van der Waals surface area contributed by atoms with Crippen LogP contribution in [-0.2, 0) is 0 Å². The molecule has 0 aromatic rings. The van der Waals surface area contributed by atoms with Gasteiger partial charge in [-0.05, 0) is 24.3 Å². The third-order valence-corrected chi connectivity index (χ3v) is 1.44. The molecule has 0 bridgehead atoms. The summed E-state index contributed by atoms with van der Waals surface area (Å²) >= 11 is 0. The Morgan fingerprint density at radius 3 is 2.89 bits per heavy atom. The van der Waals surface area contributed by atoms with Crippen LogP contribution in [0, 0.1) is 0 Å². The van der Waals surface area contributed by atoms with Crippen LogP contribution in [0.25, 0.3) is 0 Å². The van der Waals surface area contributed by atoms with Gasteiger partial charge in [0.1, 0.15) is 0 Å². The van der Waals surface area contributed by atoms with E-state index in [0.717, 1.165) is 6.54 Å². The molecule has 0 spiro atoms. The van der Waals surface area contributed by atoms with Crippen LogP contribution in [0.3, 0.4) is 0 Å². The van der Waals surface area contributed by atoms with E-state index in [0.29, 0.717) is 0 Å². The minimum atomic E-state index is 1.02. The van der Waals surface area contributed by atoms with Crippen molar-refractivity contribution < 1.29 is 0 Å². The third kappa shape index (κ3) is 1.25. The molecule has 0 atom stereocenters. The molecule has 0 fully saturated rings. The molecule has 0 radical (unpaired) electrons. The first-order valence-corrected chi connectivity index (χ1v) is 3.11. The van der Waals surface area contributed by atoms with Crippen LogP contribution in [0.5, 0.6) is 0 Å². The molecule has 0 amide bonds. The van der Waals surface area contributed by atoms with Crippen molar-refractivity contribution in [1.82, 2.24) is 10.6 Å². The van der Waals surface area contributed by atoms with Crippen LogP contribution in [0.2, 0.25) is 0 Å². The predicted octanol–water partition coefficient (Wildman–Crippen LogP) is 0.597. The van der Waals surface area contributed by atoms with Crippen molar-refractivity contribution in [3.63, 3.8) is 0 Å². The molecule has 50 valence electrons. The van der Waals surface area contributed by atoms with Gasteiger partial charge in [-0.15, -0.1) is 0 Å². The van der Waals surface area contributed by atoms with Crippen molar-refractivity contribution in [2.24, 2.45) is 0 Å². The molecule has 0 aromatic heterocycles. The molecule has 0 aliphatic carbocycles.